The van der Waals surface area contributed by atoms with Crippen molar-refractivity contribution in [2.24, 2.45) is 11.8 Å². The highest BCUT2D eigenvalue weighted by molar-refractivity contribution is 5.98. The number of esters is 1. The molecule has 1 unspecified atom stereocenters. The Bertz CT molecular complexity index is 1080. The van der Waals surface area contributed by atoms with E-state index in [9.17, 15) is 14.4 Å². The summed E-state index contributed by atoms with van der Waals surface area (Å²) in [5.74, 6) is -0.0965. The minimum atomic E-state index is -0.562. The van der Waals surface area contributed by atoms with Crippen molar-refractivity contribution in [1.29, 1.82) is 0 Å². The van der Waals surface area contributed by atoms with Crippen molar-refractivity contribution >= 4 is 23.7 Å². The van der Waals surface area contributed by atoms with Crippen molar-refractivity contribution < 1.29 is 28.6 Å². The Hall–Kier alpha value is -3.55. The fourth-order valence-corrected chi connectivity index (χ4v) is 4.92. The lowest BCUT2D eigenvalue weighted by atomic mass is 9.79. The zero-order valence-electron chi connectivity index (χ0n) is 19.9. The van der Waals surface area contributed by atoms with Crippen LogP contribution in [0.15, 0.2) is 42.5 Å². The average molecular weight is 467 g/mol. The van der Waals surface area contributed by atoms with E-state index in [2.05, 4.69) is 5.32 Å². The molecule has 2 aromatic carbocycles. The van der Waals surface area contributed by atoms with Gasteiger partial charge in [0.2, 0.25) is 5.91 Å². The van der Waals surface area contributed by atoms with E-state index in [-0.39, 0.29) is 30.0 Å². The lowest BCUT2D eigenvalue weighted by Gasteiger charge is -2.45. The number of carbonyl (C=O) groups is 3. The summed E-state index contributed by atoms with van der Waals surface area (Å²) < 4.78 is 15.9. The number of anilines is 1. The summed E-state index contributed by atoms with van der Waals surface area (Å²) in [6.45, 7) is 3.70. The van der Waals surface area contributed by atoms with Gasteiger partial charge < -0.3 is 24.4 Å². The highest BCUT2D eigenvalue weighted by atomic mass is 16.5. The van der Waals surface area contributed by atoms with Gasteiger partial charge in [0.1, 0.15) is 17.9 Å². The van der Waals surface area contributed by atoms with Crippen LogP contribution in [-0.2, 0) is 20.9 Å². The van der Waals surface area contributed by atoms with Crippen LogP contribution in [0.3, 0.4) is 0 Å². The number of amides is 2. The first kappa shape index (κ1) is 23.6. The molecule has 1 N–H and O–H groups in total. The van der Waals surface area contributed by atoms with Gasteiger partial charge in [-0.3, -0.25) is 4.79 Å². The summed E-state index contributed by atoms with van der Waals surface area (Å²) in [7, 11) is 2.76. The normalized spacial score (nSPS) is 21.3. The zero-order chi connectivity index (χ0) is 24.4. The van der Waals surface area contributed by atoms with Crippen LogP contribution in [0.2, 0.25) is 0 Å². The van der Waals surface area contributed by atoms with E-state index in [1.54, 1.807) is 17.0 Å². The number of hydrogen-bond donors (Lipinski definition) is 1. The Kier molecular flexibility index (Phi) is 6.77. The molecule has 0 saturated heterocycles. The van der Waals surface area contributed by atoms with E-state index in [1.807, 2.05) is 37.3 Å². The Morgan fingerprint density at radius 1 is 1.09 bits per heavy atom. The van der Waals surface area contributed by atoms with Crippen molar-refractivity contribution in [3.63, 3.8) is 0 Å². The molecule has 4 rings (SSSR count). The molecule has 1 fully saturated rings. The van der Waals surface area contributed by atoms with E-state index in [1.165, 1.54) is 21.1 Å². The number of ether oxygens (including phenoxy) is 3. The van der Waals surface area contributed by atoms with Crippen molar-refractivity contribution in [1.82, 2.24) is 5.32 Å². The summed E-state index contributed by atoms with van der Waals surface area (Å²) in [6, 6.07) is 12.2. The largest absolute Gasteiger partial charge is 0.496 e. The minimum Gasteiger partial charge on any atom is -0.496 e. The third kappa shape index (κ3) is 4.58. The quantitative estimate of drug-likeness (QED) is 0.641. The fourth-order valence-electron chi connectivity index (χ4n) is 4.92. The Morgan fingerprint density at radius 3 is 2.38 bits per heavy atom. The topological polar surface area (TPSA) is 94.2 Å². The predicted octanol–water partition coefficient (Wildman–Crippen LogP) is 4.23. The van der Waals surface area contributed by atoms with E-state index in [0.717, 1.165) is 18.4 Å². The Balaban J connectivity index is 1.71. The standard InChI is InChI=1S/C26H30N2O6/c1-15-23(27-26(31)34-14-17-8-6-5-7-9-17)19-12-20(25(30)33-4)22(32-3)13-21(19)28(16(2)29)24(15)18-10-11-18/h5-9,12-13,15,18,23-24H,10-11,14H2,1-4H3,(H,27,31)/t15-,23?,24-/m1/s1. The first-order chi connectivity index (χ1) is 16.3. The number of carbonyl (C=O) groups excluding carboxylic acids is 3. The van der Waals surface area contributed by atoms with Crippen LogP contribution in [0.1, 0.15) is 54.2 Å². The maximum atomic E-state index is 12.8. The summed E-state index contributed by atoms with van der Waals surface area (Å²) in [6.07, 6.45) is 1.49. The van der Waals surface area contributed by atoms with Gasteiger partial charge in [-0.25, -0.2) is 9.59 Å². The number of nitrogens with one attached hydrogen (secondary N) is 1. The molecule has 0 radical (unpaired) electrons. The molecule has 0 bridgehead atoms. The smallest absolute Gasteiger partial charge is 0.407 e. The second-order valence-corrected chi connectivity index (χ2v) is 8.86. The van der Waals surface area contributed by atoms with Crippen molar-refractivity contribution in [3.05, 3.63) is 59.2 Å². The highest BCUT2D eigenvalue weighted by Gasteiger charge is 2.48. The number of rotatable bonds is 6. The molecule has 34 heavy (non-hydrogen) atoms. The van der Waals surface area contributed by atoms with Gasteiger partial charge in [0.25, 0.3) is 0 Å². The van der Waals surface area contributed by atoms with Gasteiger partial charge in [0, 0.05) is 24.9 Å². The molecule has 180 valence electrons. The maximum absolute atomic E-state index is 12.8. The SMILES string of the molecule is COC(=O)c1cc2c(cc1OC)N(C(C)=O)[C@@H](C1CC1)[C@H](C)C2NC(=O)OCc1ccccc1. The highest BCUT2D eigenvalue weighted by Crippen LogP contribution is 2.50. The van der Waals surface area contributed by atoms with Crippen LogP contribution in [-0.4, -0.2) is 38.2 Å². The molecule has 1 aliphatic carbocycles. The fraction of sp³-hybridized carbons (Fsp3) is 0.423. The van der Waals surface area contributed by atoms with Gasteiger partial charge in [-0.1, -0.05) is 37.3 Å². The summed E-state index contributed by atoms with van der Waals surface area (Å²) >= 11 is 0. The molecule has 3 atom stereocenters. The second-order valence-electron chi connectivity index (χ2n) is 8.86. The van der Waals surface area contributed by atoms with Crippen LogP contribution >= 0.6 is 0 Å². The second kappa shape index (κ2) is 9.75. The number of methoxy groups -OCH3 is 2. The lowest BCUT2D eigenvalue weighted by molar-refractivity contribution is -0.117. The van der Waals surface area contributed by atoms with Crippen LogP contribution < -0.4 is 15.0 Å². The number of alkyl carbamates (subject to hydrolysis) is 1. The van der Waals surface area contributed by atoms with E-state index >= 15 is 0 Å². The van der Waals surface area contributed by atoms with Crippen LogP contribution in [0, 0.1) is 11.8 Å². The zero-order valence-corrected chi connectivity index (χ0v) is 19.9. The molecular formula is C26H30N2O6. The molecule has 1 heterocycles. The predicted molar refractivity (Wildman–Crippen MR) is 126 cm³/mol. The summed E-state index contributed by atoms with van der Waals surface area (Å²) in [5.41, 5.74) is 2.39. The number of fused-ring (bicyclic) bond motifs is 1. The van der Waals surface area contributed by atoms with Crippen molar-refractivity contribution in [2.75, 3.05) is 19.1 Å². The molecule has 2 aromatic rings. The molecular weight excluding hydrogens is 436 g/mol. The third-order valence-electron chi connectivity index (χ3n) is 6.64. The molecule has 0 spiro atoms. The van der Waals surface area contributed by atoms with Gasteiger partial charge in [-0.05, 0) is 36.0 Å². The van der Waals surface area contributed by atoms with Crippen LogP contribution in [0.4, 0.5) is 10.5 Å². The molecule has 0 aromatic heterocycles. The number of hydrogen-bond acceptors (Lipinski definition) is 6. The van der Waals surface area contributed by atoms with E-state index in [0.29, 0.717) is 22.9 Å². The maximum Gasteiger partial charge on any atom is 0.407 e. The van der Waals surface area contributed by atoms with Crippen molar-refractivity contribution in [2.45, 2.75) is 45.4 Å². The molecule has 8 nitrogen and oxygen atoms in total. The van der Waals surface area contributed by atoms with Gasteiger partial charge in [-0.15, -0.1) is 0 Å². The lowest BCUT2D eigenvalue weighted by Crippen LogP contribution is -2.53. The number of benzene rings is 2. The Morgan fingerprint density at radius 2 is 1.79 bits per heavy atom. The van der Waals surface area contributed by atoms with Crippen LogP contribution in [0.5, 0.6) is 5.75 Å². The molecule has 8 heteroatoms. The average Bonchev–Trinajstić information content (AvgIpc) is 3.68. The minimum absolute atomic E-state index is 0.0851. The molecule has 2 aliphatic rings. The Labute approximate surface area is 199 Å². The van der Waals surface area contributed by atoms with E-state index in [4.69, 9.17) is 14.2 Å². The summed E-state index contributed by atoms with van der Waals surface area (Å²) in [5, 5.41) is 3.00. The number of nitrogens with zero attached hydrogens (tertiary/aromatic N) is 1. The van der Waals surface area contributed by atoms with E-state index < -0.39 is 18.1 Å². The van der Waals surface area contributed by atoms with Crippen LogP contribution in [0.25, 0.3) is 0 Å². The van der Waals surface area contributed by atoms with Crippen molar-refractivity contribution in [3.8, 4) is 5.75 Å². The van der Waals surface area contributed by atoms with Gasteiger partial charge in [-0.2, -0.15) is 0 Å². The third-order valence-corrected chi connectivity index (χ3v) is 6.64. The molecule has 2 amide bonds. The molecule has 1 aliphatic heterocycles. The first-order valence-corrected chi connectivity index (χ1v) is 11.4. The summed E-state index contributed by atoms with van der Waals surface area (Å²) in [4.78, 5) is 39.8. The molecule has 1 saturated carbocycles. The van der Waals surface area contributed by atoms with Gasteiger partial charge in [0.05, 0.1) is 25.9 Å². The van der Waals surface area contributed by atoms with Gasteiger partial charge in [0.15, 0.2) is 0 Å². The monoisotopic (exact) mass is 466 g/mol. The first-order valence-electron chi connectivity index (χ1n) is 11.4. The van der Waals surface area contributed by atoms with Gasteiger partial charge >= 0.3 is 12.1 Å².